The molecule has 3 heterocycles. The molecule has 1 atom stereocenters. The maximum Gasteiger partial charge on any atom is 0.410 e. The summed E-state index contributed by atoms with van der Waals surface area (Å²) in [7, 11) is 0. The van der Waals surface area contributed by atoms with Crippen LogP contribution >= 0.6 is 11.6 Å². The lowest BCUT2D eigenvalue weighted by Crippen LogP contribution is -2.43. The summed E-state index contributed by atoms with van der Waals surface area (Å²) < 4.78 is 7.56. The monoisotopic (exact) mass is 336 g/mol. The lowest BCUT2D eigenvalue weighted by Gasteiger charge is -2.34. The number of likely N-dealkylation sites (tertiary alicyclic amines) is 1. The van der Waals surface area contributed by atoms with Gasteiger partial charge >= 0.3 is 6.09 Å². The highest BCUT2D eigenvalue weighted by atomic mass is 35.5. The van der Waals surface area contributed by atoms with Gasteiger partial charge in [0.1, 0.15) is 22.7 Å². The summed E-state index contributed by atoms with van der Waals surface area (Å²) in [6, 6.07) is 2.09. The topological polar surface area (TPSA) is 60.2 Å². The molecule has 0 N–H and O–H groups in total. The summed E-state index contributed by atoms with van der Waals surface area (Å²) in [5, 5.41) is 1.29. The van der Waals surface area contributed by atoms with Gasteiger partial charge in [0.2, 0.25) is 0 Å². The molecule has 0 aliphatic carbocycles. The fourth-order valence-electron chi connectivity index (χ4n) is 2.91. The van der Waals surface area contributed by atoms with Crippen LogP contribution in [0.15, 0.2) is 18.6 Å². The molecule has 1 unspecified atom stereocenters. The molecule has 23 heavy (non-hydrogen) atoms. The Hall–Kier alpha value is -1.82. The van der Waals surface area contributed by atoms with Gasteiger partial charge in [-0.1, -0.05) is 11.6 Å². The van der Waals surface area contributed by atoms with Crippen molar-refractivity contribution in [3.63, 3.8) is 0 Å². The second-order valence-corrected chi connectivity index (χ2v) is 7.21. The van der Waals surface area contributed by atoms with Gasteiger partial charge in [0.15, 0.2) is 0 Å². The average molecular weight is 337 g/mol. The molecule has 1 amide bonds. The van der Waals surface area contributed by atoms with Crippen LogP contribution in [0.25, 0.3) is 11.0 Å². The van der Waals surface area contributed by atoms with Gasteiger partial charge in [0.25, 0.3) is 0 Å². The van der Waals surface area contributed by atoms with Crippen molar-refractivity contribution < 1.29 is 9.53 Å². The molecule has 2 aromatic rings. The number of piperidine rings is 1. The largest absolute Gasteiger partial charge is 0.444 e. The molecule has 1 fully saturated rings. The minimum atomic E-state index is -0.481. The number of rotatable bonds is 1. The van der Waals surface area contributed by atoms with Gasteiger partial charge in [-0.25, -0.2) is 14.8 Å². The number of hydrogen-bond donors (Lipinski definition) is 0. The van der Waals surface area contributed by atoms with Crippen molar-refractivity contribution in [3.05, 3.63) is 23.7 Å². The first-order valence-electron chi connectivity index (χ1n) is 7.80. The normalized spacial score (nSPS) is 19.1. The second-order valence-electron chi connectivity index (χ2n) is 6.85. The summed E-state index contributed by atoms with van der Waals surface area (Å²) in [5.41, 5.74) is 0.325. The highest BCUT2D eigenvalue weighted by Gasteiger charge is 2.29. The van der Waals surface area contributed by atoms with Crippen LogP contribution in [-0.4, -0.2) is 44.2 Å². The number of nitrogens with zero attached hydrogens (tertiary/aromatic N) is 4. The van der Waals surface area contributed by atoms with E-state index in [2.05, 4.69) is 14.5 Å². The molecule has 7 heteroatoms. The standard InChI is InChI=1S/C16H21ClN4O2/c1-16(2,3)23-15(22)20-7-4-5-11(9-20)21-8-6-12-13(17)18-10-19-14(12)21/h6,8,10-11H,4-5,7,9H2,1-3H3. The molecule has 1 aliphatic heterocycles. The number of hydrogen-bond acceptors (Lipinski definition) is 4. The van der Waals surface area contributed by atoms with E-state index in [4.69, 9.17) is 16.3 Å². The van der Waals surface area contributed by atoms with Crippen molar-refractivity contribution in [1.82, 2.24) is 19.4 Å². The van der Waals surface area contributed by atoms with Crippen molar-refractivity contribution in [1.29, 1.82) is 0 Å². The molecule has 0 saturated carbocycles. The molecule has 0 radical (unpaired) electrons. The number of carbonyl (C=O) groups excluding carboxylic acids is 1. The predicted molar refractivity (Wildman–Crippen MR) is 88.6 cm³/mol. The summed E-state index contributed by atoms with van der Waals surface area (Å²) >= 11 is 6.11. The number of halogens is 1. The molecule has 124 valence electrons. The zero-order chi connectivity index (χ0) is 16.6. The van der Waals surface area contributed by atoms with E-state index < -0.39 is 5.60 Å². The van der Waals surface area contributed by atoms with E-state index in [-0.39, 0.29) is 12.1 Å². The SMILES string of the molecule is CC(C)(C)OC(=O)N1CCCC(n2ccc3c(Cl)ncnc32)C1. The first-order valence-corrected chi connectivity index (χ1v) is 8.18. The van der Waals surface area contributed by atoms with E-state index in [9.17, 15) is 4.79 Å². The lowest BCUT2D eigenvalue weighted by atomic mass is 10.1. The third kappa shape index (κ3) is 3.42. The second kappa shape index (κ2) is 6.00. The quantitative estimate of drug-likeness (QED) is 0.746. The van der Waals surface area contributed by atoms with Gasteiger partial charge in [-0.05, 0) is 39.7 Å². The van der Waals surface area contributed by atoms with Crippen LogP contribution in [0.2, 0.25) is 5.15 Å². The Labute approximate surface area is 140 Å². The third-order valence-electron chi connectivity index (χ3n) is 3.90. The van der Waals surface area contributed by atoms with Crippen molar-refractivity contribution in [2.45, 2.75) is 45.3 Å². The van der Waals surface area contributed by atoms with Gasteiger partial charge in [0, 0.05) is 19.3 Å². The molecule has 0 spiro atoms. The minimum Gasteiger partial charge on any atom is -0.444 e. The predicted octanol–water partition coefficient (Wildman–Crippen LogP) is 3.66. The Morgan fingerprint density at radius 3 is 2.91 bits per heavy atom. The molecule has 6 nitrogen and oxygen atoms in total. The van der Waals surface area contributed by atoms with Gasteiger partial charge < -0.3 is 14.2 Å². The van der Waals surface area contributed by atoms with E-state index >= 15 is 0 Å². The van der Waals surface area contributed by atoms with Gasteiger partial charge in [0.05, 0.1) is 11.4 Å². The van der Waals surface area contributed by atoms with Crippen LogP contribution in [0.4, 0.5) is 4.79 Å². The summed E-state index contributed by atoms with van der Waals surface area (Å²) in [6.45, 7) is 6.97. The molecular formula is C16H21ClN4O2. The zero-order valence-electron chi connectivity index (χ0n) is 13.6. The van der Waals surface area contributed by atoms with E-state index in [1.165, 1.54) is 6.33 Å². The summed E-state index contributed by atoms with van der Waals surface area (Å²) in [6.07, 6.45) is 5.10. The average Bonchev–Trinajstić information content (AvgIpc) is 2.91. The number of aromatic nitrogens is 3. The highest BCUT2D eigenvalue weighted by molar-refractivity contribution is 6.33. The van der Waals surface area contributed by atoms with Crippen LogP contribution in [0.5, 0.6) is 0 Å². The Bertz CT molecular complexity index is 722. The van der Waals surface area contributed by atoms with Crippen LogP contribution in [0.1, 0.15) is 39.7 Å². The van der Waals surface area contributed by atoms with E-state index in [0.717, 1.165) is 30.4 Å². The minimum absolute atomic E-state index is 0.166. The Balaban J connectivity index is 1.80. The van der Waals surface area contributed by atoms with Crippen molar-refractivity contribution >= 4 is 28.7 Å². The number of fused-ring (bicyclic) bond motifs is 1. The summed E-state index contributed by atoms with van der Waals surface area (Å²) in [5.74, 6) is 0. The molecular weight excluding hydrogens is 316 g/mol. The molecule has 3 rings (SSSR count). The summed E-state index contributed by atoms with van der Waals surface area (Å²) in [4.78, 5) is 22.4. The number of carbonyl (C=O) groups is 1. The first-order chi connectivity index (χ1) is 10.8. The van der Waals surface area contributed by atoms with Crippen molar-refractivity contribution in [2.75, 3.05) is 13.1 Å². The molecule has 0 aromatic carbocycles. The lowest BCUT2D eigenvalue weighted by molar-refractivity contribution is 0.0174. The maximum absolute atomic E-state index is 12.3. The van der Waals surface area contributed by atoms with E-state index in [0.29, 0.717) is 11.7 Å². The van der Waals surface area contributed by atoms with Crippen molar-refractivity contribution in [3.8, 4) is 0 Å². The zero-order valence-corrected chi connectivity index (χ0v) is 14.4. The Morgan fingerprint density at radius 1 is 1.39 bits per heavy atom. The van der Waals surface area contributed by atoms with Crippen LogP contribution in [-0.2, 0) is 4.74 Å². The molecule has 1 aliphatic rings. The molecule has 0 bridgehead atoms. The van der Waals surface area contributed by atoms with Crippen LogP contribution in [0.3, 0.4) is 0 Å². The van der Waals surface area contributed by atoms with Gasteiger partial charge in [-0.3, -0.25) is 0 Å². The van der Waals surface area contributed by atoms with Crippen LogP contribution in [0, 0.1) is 0 Å². The van der Waals surface area contributed by atoms with Crippen molar-refractivity contribution in [2.24, 2.45) is 0 Å². The third-order valence-corrected chi connectivity index (χ3v) is 4.20. The first kappa shape index (κ1) is 16.1. The van der Waals surface area contributed by atoms with Crippen LogP contribution < -0.4 is 0 Å². The maximum atomic E-state index is 12.3. The van der Waals surface area contributed by atoms with E-state index in [1.54, 1.807) is 4.90 Å². The van der Waals surface area contributed by atoms with E-state index in [1.807, 2.05) is 33.0 Å². The fourth-order valence-corrected chi connectivity index (χ4v) is 3.10. The molecule has 2 aromatic heterocycles. The Morgan fingerprint density at radius 2 is 2.17 bits per heavy atom. The molecule has 1 saturated heterocycles. The smallest absolute Gasteiger partial charge is 0.410 e. The van der Waals surface area contributed by atoms with Gasteiger partial charge in [-0.2, -0.15) is 0 Å². The highest BCUT2D eigenvalue weighted by Crippen LogP contribution is 2.28. The van der Waals surface area contributed by atoms with Gasteiger partial charge in [-0.15, -0.1) is 0 Å². The Kier molecular flexibility index (Phi) is 4.19. The fraction of sp³-hybridized carbons (Fsp3) is 0.562. The number of ether oxygens (including phenoxy) is 1. The number of amides is 1.